The van der Waals surface area contributed by atoms with Gasteiger partial charge in [-0.05, 0) is 61.5 Å². The zero-order chi connectivity index (χ0) is 25.8. The van der Waals surface area contributed by atoms with Crippen molar-refractivity contribution < 1.29 is 23.8 Å². The molecule has 37 heavy (non-hydrogen) atoms. The smallest absolute Gasteiger partial charge is 0.254 e. The predicted molar refractivity (Wildman–Crippen MR) is 138 cm³/mol. The van der Waals surface area contributed by atoms with Crippen LogP contribution in [0.3, 0.4) is 0 Å². The number of benzene rings is 3. The average molecular weight is 505 g/mol. The monoisotopic (exact) mass is 504 g/mol. The third kappa shape index (κ3) is 5.58. The van der Waals surface area contributed by atoms with Crippen molar-refractivity contribution in [1.82, 2.24) is 19.4 Å². The lowest BCUT2D eigenvalue weighted by atomic mass is 10.1. The molecule has 9 heteroatoms. The van der Waals surface area contributed by atoms with Crippen molar-refractivity contribution in [3.05, 3.63) is 84.4 Å². The summed E-state index contributed by atoms with van der Waals surface area (Å²) in [6, 6.07) is 19.0. The Morgan fingerprint density at radius 1 is 1.00 bits per heavy atom. The number of piperazine rings is 1. The van der Waals surface area contributed by atoms with Crippen molar-refractivity contribution in [1.29, 1.82) is 0 Å². The van der Waals surface area contributed by atoms with E-state index in [2.05, 4.69) is 4.98 Å². The summed E-state index contributed by atoms with van der Waals surface area (Å²) in [5.74, 6) is 0.901. The summed E-state index contributed by atoms with van der Waals surface area (Å²) >= 11 is 0. The molecule has 1 atom stereocenters. The van der Waals surface area contributed by atoms with Crippen molar-refractivity contribution in [3.8, 4) is 17.2 Å². The van der Waals surface area contributed by atoms with Crippen LogP contribution < -0.4 is 9.47 Å². The van der Waals surface area contributed by atoms with Crippen LogP contribution in [0, 0.1) is 5.82 Å². The first kappa shape index (κ1) is 24.7. The maximum absolute atomic E-state index is 13.1. The number of aliphatic hydroxyl groups is 1. The molecule has 1 fully saturated rings. The molecule has 1 aromatic heterocycles. The molecule has 1 amide bonds. The Morgan fingerprint density at radius 2 is 1.73 bits per heavy atom. The summed E-state index contributed by atoms with van der Waals surface area (Å²) < 4.78 is 26.6. The molecule has 5 rings (SSSR count). The van der Waals surface area contributed by atoms with Crippen LogP contribution in [0.2, 0.25) is 0 Å². The number of para-hydroxylation sites is 2. The van der Waals surface area contributed by atoms with Crippen LogP contribution in [-0.2, 0) is 0 Å². The molecule has 3 aromatic carbocycles. The van der Waals surface area contributed by atoms with Gasteiger partial charge in [0.15, 0.2) is 0 Å². The summed E-state index contributed by atoms with van der Waals surface area (Å²) in [6.45, 7) is 4.80. The van der Waals surface area contributed by atoms with Crippen LogP contribution in [-0.4, -0.2) is 76.0 Å². The van der Waals surface area contributed by atoms with Crippen molar-refractivity contribution in [2.45, 2.75) is 13.2 Å². The highest BCUT2D eigenvalue weighted by molar-refractivity contribution is 5.97. The molecule has 1 saturated heterocycles. The SMILES string of the molecule is CC(O)N1CCN(C(=O)c2ccc3c(c2)ncn3-c2ccccc2OCCOc2ccc(F)cc2)CC1. The van der Waals surface area contributed by atoms with Gasteiger partial charge in [-0.1, -0.05) is 12.1 Å². The van der Waals surface area contributed by atoms with Crippen molar-refractivity contribution in [3.63, 3.8) is 0 Å². The number of amides is 1. The van der Waals surface area contributed by atoms with E-state index in [-0.39, 0.29) is 11.7 Å². The summed E-state index contributed by atoms with van der Waals surface area (Å²) in [5, 5.41) is 9.75. The highest BCUT2D eigenvalue weighted by Crippen LogP contribution is 2.27. The van der Waals surface area contributed by atoms with Gasteiger partial charge in [-0.2, -0.15) is 0 Å². The second-order valence-electron chi connectivity index (χ2n) is 8.90. The first-order valence-corrected chi connectivity index (χ1v) is 12.3. The summed E-state index contributed by atoms with van der Waals surface area (Å²) in [5.41, 5.74) is 2.97. The standard InChI is InChI=1S/C28H29FN4O4/c1-20(34)31-12-14-32(15-13-31)28(35)21-6-11-25-24(18-21)30-19-33(25)26-4-2-3-5-27(26)37-17-16-36-23-9-7-22(29)8-10-23/h2-11,18-20,34H,12-17H2,1H3. The van der Waals surface area contributed by atoms with E-state index in [0.717, 1.165) is 11.2 Å². The van der Waals surface area contributed by atoms with E-state index in [1.807, 2.05) is 56.8 Å². The van der Waals surface area contributed by atoms with Crippen molar-refractivity contribution in [2.75, 3.05) is 39.4 Å². The maximum atomic E-state index is 13.1. The fraction of sp³-hybridized carbons (Fsp3) is 0.286. The first-order chi connectivity index (χ1) is 18.0. The molecule has 192 valence electrons. The minimum Gasteiger partial charge on any atom is -0.490 e. The van der Waals surface area contributed by atoms with Crippen LogP contribution in [0.4, 0.5) is 4.39 Å². The van der Waals surface area contributed by atoms with Crippen LogP contribution in [0.25, 0.3) is 16.7 Å². The van der Waals surface area contributed by atoms with Crippen molar-refractivity contribution >= 4 is 16.9 Å². The molecule has 0 spiro atoms. The van der Waals surface area contributed by atoms with Gasteiger partial charge in [0.25, 0.3) is 5.91 Å². The number of rotatable bonds is 8. The zero-order valence-corrected chi connectivity index (χ0v) is 20.6. The quantitative estimate of drug-likeness (QED) is 0.369. The van der Waals surface area contributed by atoms with Gasteiger partial charge in [0.1, 0.15) is 43.1 Å². The van der Waals surface area contributed by atoms with E-state index in [9.17, 15) is 14.3 Å². The Kier molecular flexibility index (Phi) is 7.34. The van der Waals surface area contributed by atoms with Crippen LogP contribution in [0.5, 0.6) is 11.5 Å². The van der Waals surface area contributed by atoms with Gasteiger partial charge >= 0.3 is 0 Å². The Labute approximate surface area is 214 Å². The van der Waals surface area contributed by atoms with E-state index in [0.29, 0.717) is 62.0 Å². The Balaban J connectivity index is 1.27. The molecule has 1 aliphatic heterocycles. The summed E-state index contributed by atoms with van der Waals surface area (Å²) in [7, 11) is 0. The third-order valence-electron chi connectivity index (χ3n) is 6.47. The van der Waals surface area contributed by atoms with Crippen LogP contribution in [0.15, 0.2) is 73.1 Å². The number of aliphatic hydroxyl groups excluding tert-OH is 1. The highest BCUT2D eigenvalue weighted by Gasteiger charge is 2.24. The molecule has 1 N–H and O–H groups in total. The van der Waals surface area contributed by atoms with Gasteiger partial charge in [-0.25, -0.2) is 9.37 Å². The van der Waals surface area contributed by atoms with Gasteiger partial charge < -0.3 is 19.5 Å². The Bertz CT molecular complexity index is 1360. The highest BCUT2D eigenvalue weighted by atomic mass is 19.1. The number of hydrogen-bond donors (Lipinski definition) is 1. The number of carbonyl (C=O) groups excluding carboxylic acids is 1. The lowest BCUT2D eigenvalue weighted by Gasteiger charge is -2.36. The lowest BCUT2D eigenvalue weighted by Crippen LogP contribution is -2.51. The van der Waals surface area contributed by atoms with Gasteiger partial charge in [0, 0.05) is 31.7 Å². The largest absolute Gasteiger partial charge is 0.490 e. The molecule has 2 heterocycles. The molecule has 0 radical (unpaired) electrons. The predicted octanol–water partition coefficient (Wildman–Crippen LogP) is 3.72. The number of aromatic nitrogens is 2. The molecule has 8 nitrogen and oxygen atoms in total. The molecule has 0 bridgehead atoms. The number of carbonyl (C=O) groups is 1. The first-order valence-electron chi connectivity index (χ1n) is 12.3. The van der Waals surface area contributed by atoms with Crippen LogP contribution >= 0.6 is 0 Å². The third-order valence-corrected chi connectivity index (χ3v) is 6.47. The number of halogens is 1. The van der Waals surface area contributed by atoms with Crippen LogP contribution in [0.1, 0.15) is 17.3 Å². The lowest BCUT2D eigenvalue weighted by molar-refractivity contribution is -0.0102. The molecule has 1 aliphatic rings. The van der Waals surface area contributed by atoms with E-state index in [4.69, 9.17) is 9.47 Å². The van der Waals surface area contributed by atoms with Gasteiger partial charge in [0.2, 0.25) is 0 Å². The van der Waals surface area contributed by atoms with E-state index in [1.54, 1.807) is 25.4 Å². The average Bonchev–Trinajstić information content (AvgIpc) is 3.35. The molecular formula is C28H29FN4O4. The van der Waals surface area contributed by atoms with E-state index >= 15 is 0 Å². The Hall–Kier alpha value is -3.95. The summed E-state index contributed by atoms with van der Waals surface area (Å²) in [6.07, 6.45) is 1.21. The van der Waals surface area contributed by atoms with Crippen molar-refractivity contribution in [2.24, 2.45) is 0 Å². The number of imidazole rings is 1. The topological polar surface area (TPSA) is 80.1 Å². The van der Waals surface area contributed by atoms with Gasteiger partial charge in [0.05, 0.1) is 16.7 Å². The second-order valence-corrected chi connectivity index (χ2v) is 8.90. The van der Waals surface area contributed by atoms with Gasteiger partial charge in [-0.3, -0.25) is 14.3 Å². The molecule has 1 unspecified atom stereocenters. The normalized spacial score (nSPS) is 15.1. The molecule has 4 aromatic rings. The number of ether oxygens (including phenoxy) is 2. The molecule has 0 aliphatic carbocycles. The van der Waals surface area contributed by atoms with E-state index in [1.165, 1.54) is 12.1 Å². The minimum atomic E-state index is -0.508. The number of nitrogens with zero attached hydrogens (tertiary/aromatic N) is 4. The fourth-order valence-electron chi connectivity index (χ4n) is 4.44. The maximum Gasteiger partial charge on any atom is 0.254 e. The zero-order valence-electron chi connectivity index (χ0n) is 20.6. The van der Waals surface area contributed by atoms with Gasteiger partial charge in [-0.15, -0.1) is 0 Å². The summed E-state index contributed by atoms with van der Waals surface area (Å²) in [4.78, 5) is 21.4. The molecule has 0 saturated carbocycles. The van der Waals surface area contributed by atoms with E-state index < -0.39 is 6.23 Å². The molecular weight excluding hydrogens is 475 g/mol. The fourth-order valence-corrected chi connectivity index (χ4v) is 4.44. The number of fused-ring (bicyclic) bond motifs is 1. The second kappa shape index (κ2) is 11.0. The minimum absolute atomic E-state index is 0.0356. The Morgan fingerprint density at radius 3 is 2.49 bits per heavy atom. The number of hydrogen-bond acceptors (Lipinski definition) is 6.